The van der Waals surface area contributed by atoms with Crippen molar-refractivity contribution in [2.24, 2.45) is 5.41 Å². The third-order valence-electron chi connectivity index (χ3n) is 3.74. The zero-order chi connectivity index (χ0) is 13.0. The standard InChI is InChI=1S/C12H21N3O3/c16-10(12(2-3-12)11(17)18)14-4-1-7-15-8-5-13-6-9-15/h13H,1-9H2,(H,14,16)(H,17,18). The Labute approximate surface area is 107 Å². The molecule has 1 saturated carbocycles. The highest BCUT2D eigenvalue weighted by Gasteiger charge is 2.56. The van der Waals surface area contributed by atoms with E-state index in [1.165, 1.54) is 0 Å². The number of hydrogen-bond donors (Lipinski definition) is 3. The van der Waals surface area contributed by atoms with Crippen molar-refractivity contribution in [3.8, 4) is 0 Å². The summed E-state index contributed by atoms with van der Waals surface area (Å²) in [6.45, 7) is 5.67. The van der Waals surface area contributed by atoms with Crippen LogP contribution in [0.4, 0.5) is 0 Å². The molecule has 2 rings (SSSR count). The maximum Gasteiger partial charge on any atom is 0.319 e. The molecule has 1 saturated heterocycles. The molecule has 0 spiro atoms. The minimum atomic E-state index is -1.10. The molecule has 6 nitrogen and oxygen atoms in total. The maximum atomic E-state index is 11.7. The number of amides is 1. The molecular formula is C12H21N3O3. The van der Waals surface area contributed by atoms with Crippen LogP contribution < -0.4 is 10.6 Å². The number of nitrogens with one attached hydrogen (secondary N) is 2. The summed E-state index contributed by atoms with van der Waals surface area (Å²) in [6.07, 6.45) is 1.83. The molecule has 6 heteroatoms. The van der Waals surface area contributed by atoms with Crippen molar-refractivity contribution in [3.05, 3.63) is 0 Å². The number of nitrogens with zero attached hydrogens (tertiary/aromatic N) is 1. The van der Waals surface area contributed by atoms with Crippen molar-refractivity contribution in [3.63, 3.8) is 0 Å². The summed E-state index contributed by atoms with van der Waals surface area (Å²) < 4.78 is 0. The van der Waals surface area contributed by atoms with Crippen LogP contribution in [0.3, 0.4) is 0 Å². The molecule has 18 heavy (non-hydrogen) atoms. The van der Waals surface area contributed by atoms with Gasteiger partial charge in [-0.1, -0.05) is 0 Å². The molecule has 0 aromatic heterocycles. The van der Waals surface area contributed by atoms with E-state index in [-0.39, 0.29) is 5.91 Å². The lowest BCUT2D eigenvalue weighted by atomic mass is 10.1. The van der Waals surface area contributed by atoms with E-state index in [2.05, 4.69) is 15.5 Å². The fraction of sp³-hybridized carbons (Fsp3) is 0.833. The molecule has 0 bridgehead atoms. The molecule has 1 amide bonds. The number of rotatable bonds is 6. The van der Waals surface area contributed by atoms with Gasteiger partial charge in [-0.3, -0.25) is 9.59 Å². The normalized spacial score (nSPS) is 22.4. The Hall–Kier alpha value is -1.14. The summed E-state index contributed by atoms with van der Waals surface area (Å²) in [5, 5.41) is 15.0. The SMILES string of the molecule is O=C(O)C1(C(=O)NCCCN2CCNCC2)CC1. The van der Waals surface area contributed by atoms with Crippen LogP contribution in [-0.2, 0) is 9.59 Å². The highest BCUT2D eigenvalue weighted by atomic mass is 16.4. The van der Waals surface area contributed by atoms with Gasteiger partial charge in [-0.25, -0.2) is 0 Å². The first-order valence-electron chi connectivity index (χ1n) is 6.60. The van der Waals surface area contributed by atoms with E-state index in [4.69, 9.17) is 5.11 Å². The van der Waals surface area contributed by atoms with Gasteiger partial charge in [0.25, 0.3) is 0 Å². The molecule has 0 radical (unpaired) electrons. The number of carbonyl (C=O) groups is 2. The average molecular weight is 255 g/mol. The van der Waals surface area contributed by atoms with Gasteiger partial charge >= 0.3 is 5.97 Å². The van der Waals surface area contributed by atoms with Crippen molar-refractivity contribution in [1.29, 1.82) is 0 Å². The zero-order valence-electron chi connectivity index (χ0n) is 10.6. The van der Waals surface area contributed by atoms with E-state index in [1.54, 1.807) is 0 Å². The summed E-state index contributed by atoms with van der Waals surface area (Å²) in [4.78, 5) is 25.0. The Kier molecular flexibility index (Phi) is 4.19. The summed E-state index contributed by atoms with van der Waals surface area (Å²) in [6, 6.07) is 0. The van der Waals surface area contributed by atoms with Crippen molar-refractivity contribution in [2.75, 3.05) is 39.3 Å². The number of aliphatic carboxylic acids is 1. The summed E-state index contributed by atoms with van der Waals surface area (Å²) >= 11 is 0. The van der Waals surface area contributed by atoms with E-state index in [0.29, 0.717) is 19.4 Å². The van der Waals surface area contributed by atoms with Crippen molar-refractivity contribution in [2.45, 2.75) is 19.3 Å². The predicted molar refractivity (Wildman–Crippen MR) is 66.2 cm³/mol. The third-order valence-corrected chi connectivity index (χ3v) is 3.74. The highest BCUT2D eigenvalue weighted by Crippen LogP contribution is 2.45. The van der Waals surface area contributed by atoms with Crippen LogP contribution in [0, 0.1) is 5.41 Å². The molecule has 2 fully saturated rings. The van der Waals surface area contributed by atoms with E-state index >= 15 is 0 Å². The Balaban J connectivity index is 1.60. The first kappa shape index (κ1) is 13.3. The number of piperazine rings is 1. The van der Waals surface area contributed by atoms with Crippen LogP contribution in [-0.4, -0.2) is 61.2 Å². The summed E-state index contributed by atoms with van der Waals surface area (Å²) in [7, 11) is 0. The zero-order valence-corrected chi connectivity index (χ0v) is 10.6. The smallest absolute Gasteiger partial charge is 0.319 e. The van der Waals surface area contributed by atoms with Crippen molar-refractivity contribution < 1.29 is 14.7 Å². The van der Waals surface area contributed by atoms with Gasteiger partial charge in [-0.05, 0) is 25.8 Å². The molecule has 1 aliphatic heterocycles. The molecule has 0 unspecified atom stereocenters. The Bertz CT molecular complexity index is 323. The lowest BCUT2D eigenvalue weighted by Gasteiger charge is -2.27. The Morgan fingerprint density at radius 2 is 1.94 bits per heavy atom. The van der Waals surface area contributed by atoms with Gasteiger partial charge in [-0.2, -0.15) is 0 Å². The predicted octanol–water partition coefficient (Wildman–Crippen LogP) is -0.737. The Morgan fingerprint density at radius 3 is 2.50 bits per heavy atom. The lowest BCUT2D eigenvalue weighted by Crippen LogP contribution is -2.44. The van der Waals surface area contributed by atoms with Gasteiger partial charge in [-0.15, -0.1) is 0 Å². The molecule has 3 N–H and O–H groups in total. The minimum absolute atomic E-state index is 0.310. The van der Waals surface area contributed by atoms with Crippen LogP contribution in [0.1, 0.15) is 19.3 Å². The second-order valence-corrected chi connectivity index (χ2v) is 5.09. The fourth-order valence-electron chi connectivity index (χ4n) is 2.27. The van der Waals surface area contributed by atoms with E-state index in [9.17, 15) is 9.59 Å². The average Bonchev–Trinajstić information content (AvgIpc) is 3.17. The monoisotopic (exact) mass is 255 g/mol. The maximum absolute atomic E-state index is 11.7. The van der Waals surface area contributed by atoms with Crippen LogP contribution >= 0.6 is 0 Å². The fourth-order valence-corrected chi connectivity index (χ4v) is 2.27. The molecule has 0 aromatic rings. The second kappa shape index (κ2) is 5.67. The van der Waals surface area contributed by atoms with Gasteiger partial charge in [0.05, 0.1) is 0 Å². The lowest BCUT2D eigenvalue weighted by molar-refractivity contribution is -0.149. The second-order valence-electron chi connectivity index (χ2n) is 5.09. The summed E-state index contributed by atoms with van der Waals surface area (Å²) in [5.41, 5.74) is -1.10. The van der Waals surface area contributed by atoms with Crippen LogP contribution in [0.5, 0.6) is 0 Å². The first-order valence-corrected chi connectivity index (χ1v) is 6.60. The number of hydrogen-bond acceptors (Lipinski definition) is 4. The van der Waals surface area contributed by atoms with E-state index < -0.39 is 11.4 Å². The largest absolute Gasteiger partial charge is 0.480 e. The molecule has 2 aliphatic rings. The quantitative estimate of drug-likeness (QED) is 0.430. The number of carbonyl (C=O) groups excluding carboxylic acids is 1. The topological polar surface area (TPSA) is 81.7 Å². The van der Waals surface area contributed by atoms with Gasteiger partial charge in [0.2, 0.25) is 5.91 Å². The molecular weight excluding hydrogens is 234 g/mol. The molecule has 1 heterocycles. The minimum Gasteiger partial charge on any atom is -0.480 e. The first-order chi connectivity index (χ1) is 8.65. The van der Waals surface area contributed by atoms with Crippen LogP contribution in [0.25, 0.3) is 0 Å². The Morgan fingerprint density at radius 1 is 1.28 bits per heavy atom. The van der Waals surface area contributed by atoms with Gasteiger partial charge in [0, 0.05) is 32.7 Å². The van der Waals surface area contributed by atoms with E-state index in [1.807, 2.05) is 0 Å². The highest BCUT2D eigenvalue weighted by molar-refractivity contribution is 6.04. The van der Waals surface area contributed by atoms with Crippen molar-refractivity contribution >= 4 is 11.9 Å². The molecule has 0 atom stereocenters. The number of carboxylic acid groups (broad SMARTS) is 1. The van der Waals surface area contributed by atoms with Crippen LogP contribution in [0.15, 0.2) is 0 Å². The van der Waals surface area contributed by atoms with Gasteiger partial charge in [0.1, 0.15) is 5.41 Å². The van der Waals surface area contributed by atoms with Crippen LogP contribution in [0.2, 0.25) is 0 Å². The van der Waals surface area contributed by atoms with Crippen molar-refractivity contribution in [1.82, 2.24) is 15.5 Å². The third kappa shape index (κ3) is 3.00. The van der Waals surface area contributed by atoms with Gasteiger partial charge in [0.15, 0.2) is 0 Å². The molecule has 0 aromatic carbocycles. The number of carboxylic acids is 1. The summed E-state index contributed by atoms with van der Waals surface area (Å²) in [5.74, 6) is -1.29. The van der Waals surface area contributed by atoms with Gasteiger partial charge < -0.3 is 20.6 Å². The molecule has 102 valence electrons. The van der Waals surface area contributed by atoms with E-state index in [0.717, 1.165) is 39.1 Å². The molecule has 1 aliphatic carbocycles.